The number of aromatic nitrogens is 6. The van der Waals surface area contributed by atoms with Crippen molar-refractivity contribution in [3.05, 3.63) is 101 Å². The maximum Gasteiger partial charge on any atom is 0.295 e. The highest BCUT2D eigenvalue weighted by molar-refractivity contribution is 7.99. The smallest absolute Gasteiger partial charge is 0.295 e. The van der Waals surface area contributed by atoms with Crippen LogP contribution in [-0.4, -0.2) is 40.8 Å². The number of amides is 1. The molecule has 10 heteroatoms. The third-order valence-corrected chi connectivity index (χ3v) is 6.65. The van der Waals surface area contributed by atoms with Crippen molar-refractivity contribution < 1.29 is 4.79 Å². The number of thioether (sulfide) groups is 1. The van der Waals surface area contributed by atoms with Crippen molar-refractivity contribution in [2.45, 2.75) is 12.1 Å². The SMILES string of the molecule is Cc1c(NC(=O)CSc2nnc(-c3cccnc3)n2-c2ccccc2)c(=O)n(-c2ccccc2)n1C. The Labute approximate surface area is 211 Å². The van der Waals surface area contributed by atoms with Gasteiger partial charge in [-0.25, -0.2) is 4.68 Å². The normalized spacial score (nSPS) is 10.9. The minimum absolute atomic E-state index is 0.0527. The molecular weight excluding hydrogens is 474 g/mol. The van der Waals surface area contributed by atoms with Gasteiger partial charge in [0.1, 0.15) is 5.69 Å². The molecule has 5 rings (SSSR count). The highest BCUT2D eigenvalue weighted by atomic mass is 32.2. The van der Waals surface area contributed by atoms with E-state index in [1.807, 2.05) is 77.4 Å². The summed E-state index contributed by atoms with van der Waals surface area (Å²) in [5.74, 6) is 0.371. The molecule has 3 heterocycles. The van der Waals surface area contributed by atoms with Crippen LogP contribution >= 0.6 is 11.8 Å². The molecule has 2 aromatic carbocycles. The molecule has 0 aliphatic rings. The van der Waals surface area contributed by atoms with E-state index in [0.29, 0.717) is 16.7 Å². The first-order chi connectivity index (χ1) is 17.5. The summed E-state index contributed by atoms with van der Waals surface area (Å²) in [5.41, 5.74) is 3.04. The number of anilines is 1. The van der Waals surface area contributed by atoms with Gasteiger partial charge in [0.25, 0.3) is 5.56 Å². The van der Waals surface area contributed by atoms with E-state index < -0.39 is 0 Å². The van der Waals surface area contributed by atoms with E-state index in [0.717, 1.165) is 16.9 Å². The fourth-order valence-corrected chi connectivity index (χ4v) is 4.63. The van der Waals surface area contributed by atoms with Crippen molar-refractivity contribution in [1.29, 1.82) is 0 Å². The standard InChI is InChI=1S/C26H23N7O2S/c1-18-23(25(35)33(31(18)2)21-13-7-4-8-14-21)28-22(34)17-36-26-30-29-24(19-10-9-15-27-16-19)32(26)20-11-5-3-6-12-20/h3-16H,17H2,1-2H3,(H,28,34). The molecule has 3 aromatic heterocycles. The van der Waals surface area contributed by atoms with Gasteiger partial charge in [-0.15, -0.1) is 10.2 Å². The van der Waals surface area contributed by atoms with Crippen LogP contribution in [-0.2, 0) is 11.8 Å². The van der Waals surface area contributed by atoms with Crippen LogP contribution in [0.25, 0.3) is 22.8 Å². The highest BCUT2D eigenvalue weighted by Gasteiger charge is 2.20. The minimum atomic E-state index is -0.309. The van der Waals surface area contributed by atoms with Crippen molar-refractivity contribution in [1.82, 2.24) is 29.1 Å². The predicted molar refractivity (Wildman–Crippen MR) is 140 cm³/mol. The summed E-state index contributed by atoms with van der Waals surface area (Å²) in [6, 6.07) is 22.7. The van der Waals surface area contributed by atoms with E-state index >= 15 is 0 Å². The van der Waals surface area contributed by atoms with Crippen LogP contribution in [0.4, 0.5) is 5.69 Å². The maximum atomic E-state index is 13.1. The van der Waals surface area contributed by atoms with E-state index in [4.69, 9.17) is 0 Å². The number of carbonyl (C=O) groups is 1. The fourth-order valence-electron chi connectivity index (χ4n) is 3.87. The van der Waals surface area contributed by atoms with Gasteiger partial charge in [-0.2, -0.15) is 0 Å². The number of rotatable bonds is 7. The van der Waals surface area contributed by atoms with Crippen molar-refractivity contribution >= 4 is 23.4 Å². The van der Waals surface area contributed by atoms with E-state index in [1.54, 1.807) is 31.0 Å². The number of pyridine rings is 1. The number of nitrogens with zero attached hydrogens (tertiary/aromatic N) is 6. The number of para-hydroxylation sites is 2. The van der Waals surface area contributed by atoms with Crippen molar-refractivity contribution in [3.63, 3.8) is 0 Å². The third kappa shape index (κ3) is 4.46. The molecule has 0 unspecified atom stereocenters. The van der Waals surface area contributed by atoms with Crippen LogP contribution in [0.2, 0.25) is 0 Å². The summed E-state index contributed by atoms with van der Waals surface area (Å²) in [5, 5.41) is 12.1. The first kappa shape index (κ1) is 23.3. The van der Waals surface area contributed by atoms with Crippen LogP contribution in [0.5, 0.6) is 0 Å². The first-order valence-corrected chi connectivity index (χ1v) is 12.2. The molecule has 0 atom stereocenters. The lowest BCUT2D eigenvalue weighted by atomic mass is 10.2. The van der Waals surface area contributed by atoms with Crippen LogP contribution < -0.4 is 10.9 Å². The van der Waals surface area contributed by atoms with Gasteiger partial charge in [0.2, 0.25) is 5.91 Å². The van der Waals surface area contributed by atoms with Crippen LogP contribution in [0, 0.1) is 6.92 Å². The lowest BCUT2D eigenvalue weighted by Gasteiger charge is -2.10. The number of benzene rings is 2. The average Bonchev–Trinajstić information content (AvgIpc) is 3.43. The Morgan fingerprint density at radius 3 is 2.31 bits per heavy atom. The van der Waals surface area contributed by atoms with Gasteiger partial charge < -0.3 is 5.32 Å². The van der Waals surface area contributed by atoms with E-state index in [9.17, 15) is 9.59 Å². The number of nitrogens with one attached hydrogen (secondary N) is 1. The van der Waals surface area contributed by atoms with Gasteiger partial charge in [-0.1, -0.05) is 48.2 Å². The Kier molecular flexibility index (Phi) is 6.50. The first-order valence-electron chi connectivity index (χ1n) is 11.2. The monoisotopic (exact) mass is 497 g/mol. The summed E-state index contributed by atoms with van der Waals surface area (Å²) < 4.78 is 5.15. The molecule has 0 spiro atoms. The number of hydrogen-bond acceptors (Lipinski definition) is 6. The zero-order chi connectivity index (χ0) is 25.1. The zero-order valence-corrected chi connectivity index (χ0v) is 20.5. The van der Waals surface area contributed by atoms with Crippen LogP contribution in [0.1, 0.15) is 5.69 Å². The molecule has 9 nitrogen and oxygen atoms in total. The lowest BCUT2D eigenvalue weighted by molar-refractivity contribution is -0.113. The Morgan fingerprint density at radius 2 is 1.64 bits per heavy atom. The largest absolute Gasteiger partial charge is 0.319 e. The van der Waals surface area contributed by atoms with Crippen LogP contribution in [0.15, 0.2) is 95.1 Å². The maximum absolute atomic E-state index is 13.1. The Morgan fingerprint density at radius 1 is 0.944 bits per heavy atom. The summed E-state index contributed by atoms with van der Waals surface area (Å²) in [4.78, 5) is 30.2. The Bertz CT molecular complexity index is 1560. The van der Waals surface area contributed by atoms with Gasteiger partial charge in [0.05, 0.1) is 17.1 Å². The minimum Gasteiger partial charge on any atom is -0.319 e. The molecule has 0 aliphatic heterocycles. The molecule has 0 aliphatic carbocycles. The van der Waals surface area contributed by atoms with Gasteiger partial charge in [-0.3, -0.25) is 23.8 Å². The van der Waals surface area contributed by atoms with Crippen molar-refractivity contribution in [2.75, 3.05) is 11.1 Å². The van der Waals surface area contributed by atoms with Gasteiger partial charge in [0.15, 0.2) is 11.0 Å². The number of carbonyl (C=O) groups excluding carboxylic acids is 1. The second kappa shape index (κ2) is 10.0. The molecule has 0 saturated heterocycles. The Hall–Kier alpha value is -4.44. The van der Waals surface area contributed by atoms with Gasteiger partial charge in [-0.05, 0) is 43.3 Å². The summed E-state index contributed by atoms with van der Waals surface area (Å²) in [6.45, 7) is 1.80. The molecule has 0 bridgehead atoms. The molecule has 1 amide bonds. The molecule has 180 valence electrons. The molecule has 5 aromatic rings. The summed E-state index contributed by atoms with van der Waals surface area (Å²) >= 11 is 1.25. The average molecular weight is 498 g/mol. The van der Waals surface area contributed by atoms with Crippen molar-refractivity contribution in [2.24, 2.45) is 7.05 Å². The fraction of sp³-hybridized carbons (Fsp3) is 0.115. The lowest BCUT2D eigenvalue weighted by Crippen LogP contribution is -2.23. The second-order valence-electron chi connectivity index (χ2n) is 7.99. The third-order valence-electron chi connectivity index (χ3n) is 5.72. The van der Waals surface area contributed by atoms with E-state index in [2.05, 4.69) is 20.5 Å². The molecule has 0 saturated carbocycles. The second-order valence-corrected chi connectivity index (χ2v) is 8.93. The number of hydrogen-bond donors (Lipinski definition) is 1. The molecule has 1 N–H and O–H groups in total. The van der Waals surface area contributed by atoms with Gasteiger partial charge >= 0.3 is 0 Å². The van der Waals surface area contributed by atoms with Gasteiger partial charge in [0, 0.05) is 30.7 Å². The van der Waals surface area contributed by atoms with Crippen LogP contribution in [0.3, 0.4) is 0 Å². The van der Waals surface area contributed by atoms with E-state index in [1.165, 1.54) is 16.4 Å². The summed E-state index contributed by atoms with van der Waals surface area (Å²) in [6.07, 6.45) is 3.42. The van der Waals surface area contributed by atoms with E-state index in [-0.39, 0.29) is 22.9 Å². The highest BCUT2D eigenvalue weighted by Crippen LogP contribution is 2.27. The molecule has 0 fully saturated rings. The predicted octanol–water partition coefficient (Wildman–Crippen LogP) is 3.86. The summed E-state index contributed by atoms with van der Waals surface area (Å²) in [7, 11) is 1.79. The molecule has 0 radical (unpaired) electrons. The topological polar surface area (TPSA) is 99.6 Å². The molecule has 36 heavy (non-hydrogen) atoms. The van der Waals surface area contributed by atoms with Crippen molar-refractivity contribution in [3.8, 4) is 22.8 Å². The Balaban J connectivity index is 1.39. The zero-order valence-electron chi connectivity index (χ0n) is 19.7. The quantitative estimate of drug-likeness (QED) is 0.343. The molecular formula is C26H23N7O2S.